The molecule has 1 fully saturated rings. The van der Waals surface area contributed by atoms with Crippen molar-refractivity contribution in [2.45, 2.75) is 50.7 Å². The van der Waals surface area contributed by atoms with Crippen molar-refractivity contribution in [3.8, 4) is 11.5 Å². The summed E-state index contributed by atoms with van der Waals surface area (Å²) < 4.78 is 84.3. The van der Waals surface area contributed by atoms with E-state index >= 15 is 0 Å². The number of alkyl halides is 6. The molecule has 0 radical (unpaired) electrons. The number of nitrogens with zero attached hydrogens (tertiary/aromatic N) is 2. The number of anilines is 4. The molecule has 0 aromatic heterocycles. The standard InChI is InChI=1S/C30H30F6N4O3/c1-18(2)39-15-13-28(14-16-39)17-40(26-24(41)12-11-21(25(26)28)29(31,32)33)23-6-4-3-5-22(23)38-27(42)37-19-7-9-20(10-8-19)43-30(34,35)36/h3-12,18,41H,13-17H2,1-2H3,(H2,37,38,42). The van der Waals surface area contributed by atoms with Crippen molar-refractivity contribution in [1.82, 2.24) is 4.90 Å². The molecule has 2 heterocycles. The molecule has 2 aliphatic rings. The Morgan fingerprint density at radius 1 is 0.930 bits per heavy atom. The molecule has 3 aromatic rings. The summed E-state index contributed by atoms with van der Waals surface area (Å²) in [6, 6.07) is 12.6. The molecule has 2 amide bonds. The molecule has 2 aliphatic heterocycles. The normalized spacial score (nSPS) is 16.8. The number of rotatable bonds is 5. The molecule has 0 bridgehead atoms. The Kier molecular flexibility index (Phi) is 7.88. The van der Waals surface area contributed by atoms with Crippen LogP contribution in [0.25, 0.3) is 0 Å². The first kappa shape index (κ1) is 30.3. The lowest BCUT2D eigenvalue weighted by atomic mass is 9.72. The zero-order valence-corrected chi connectivity index (χ0v) is 23.3. The van der Waals surface area contributed by atoms with Gasteiger partial charge in [0, 0.05) is 23.7 Å². The Bertz CT molecular complexity index is 1480. The fraction of sp³-hybridized carbons (Fsp3) is 0.367. The van der Waals surface area contributed by atoms with E-state index in [1.165, 1.54) is 12.1 Å². The molecule has 1 spiro atoms. The molecule has 0 unspecified atom stereocenters. The molecule has 0 aliphatic carbocycles. The lowest BCUT2D eigenvalue weighted by molar-refractivity contribution is -0.274. The number of benzene rings is 3. The summed E-state index contributed by atoms with van der Waals surface area (Å²) >= 11 is 0. The number of hydrogen-bond acceptors (Lipinski definition) is 5. The largest absolute Gasteiger partial charge is 0.573 e. The average Bonchev–Trinajstić information content (AvgIpc) is 3.24. The third-order valence-corrected chi connectivity index (χ3v) is 8.00. The number of phenols is 1. The zero-order valence-electron chi connectivity index (χ0n) is 23.3. The van der Waals surface area contributed by atoms with Crippen molar-refractivity contribution in [2.75, 3.05) is 35.2 Å². The van der Waals surface area contributed by atoms with Gasteiger partial charge < -0.3 is 30.3 Å². The van der Waals surface area contributed by atoms with Gasteiger partial charge in [-0.25, -0.2) is 4.79 Å². The SMILES string of the molecule is CC(C)N1CCC2(CC1)CN(c1ccccc1NC(=O)Nc1ccc(OC(F)(F)F)cc1)c1c(O)ccc(C(F)(F)F)c12. The van der Waals surface area contributed by atoms with Crippen LogP contribution in [-0.4, -0.2) is 48.1 Å². The number of phenolic OH excluding ortho intramolecular Hbond substituents is 1. The maximum Gasteiger partial charge on any atom is 0.573 e. The topological polar surface area (TPSA) is 77.1 Å². The van der Waals surface area contributed by atoms with Crippen LogP contribution in [0.2, 0.25) is 0 Å². The third kappa shape index (κ3) is 6.31. The van der Waals surface area contributed by atoms with E-state index in [9.17, 15) is 36.2 Å². The van der Waals surface area contributed by atoms with Crippen LogP contribution in [0.4, 0.5) is 53.9 Å². The van der Waals surface area contributed by atoms with Crippen molar-refractivity contribution in [1.29, 1.82) is 0 Å². The van der Waals surface area contributed by atoms with Crippen LogP contribution in [0.15, 0.2) is 60.7 Å². The van der Waals surface area contributed by atoms with Crippen LogP contribution in [0.3, 0.4) is 0 Å². The number of carbonyl (C=O) groups excluding carboxylic acids is 1. The van der Waals surface area contributed by atoms with Gasteiger partial charge in [0.05, 0.1) is 22.6 Å². The number of halogens is 6. The second kappa shape index (κ2) is 11.2. The van der Waals surface area contributed by atoms with Gasteiger partial charge in [0.2, 0.25) is 0 Å². The van der Waals surface area contributed by atoms with Gasteiger partial charge in [0.15, 0.2) is 0 Å². The van der Waals surface area contributed by atoms with Gasteiger partial charge in [0.1, 0.15) is 11.5 Å². The highest BCUT2D eigenvalue weighted by atomic mass is 19.4. The van der Waals surface area contributed by atoms with E-state index in [-0.39, 0.29) is 41.0 Å². The van der Waals surface area contributed by atoms with Crippen LogP contribution >= 0.6 is 0 Å². The Morgan fingerprint density at radius 2 is 1.58 bits per heavy atom. The molecular weight excluding hydrogens is 578 g/mol. The number of nitrogens with one attached hydrogen (secondary N) is 2. The number of fused-ring (bicyclic) bond motifs is 2. The van der Waals surface area contributed by atoms with Gasteiger partial charge in [-0.15, -0.1) is 13.2 Å². The fourth-order valence-corrected chi connectivity index (χ4v) is 6.01. The number of ether oxygens (including phenoxy) is 1. The molecule has 230 valence electrons. The molecule has 5 rings (SSSR count). The Morgan fingerprint density at radius 3 is 2.19 bits per heavy atom. The highest BCUT2D eigenvalue weighted by Gasteiger charge is 2.52. The molecular formula is C30H30F6N4O3. The first-order valence-electron chi connectivity index (χ1n) is 13.6. The van der Waals surface area contributed by atoms with Crippen LogP contribution in [0.1, 0.15) is 37.8 Å². The highest BCUT2D eigenvalue weighted by Crippen LogP contribution is 2.57. The number of para-hydroxylation sites is 2. The number of amides is 2. The van der Waals surface area contributed by atoms with Crippen LogP contribution in [-0.2, 0) is 11.6 Å². The average molecular weight is 609 g/mol. The van der Waals surface area contributed by atoms with Crippen molar-refractivity contribution in [3.63, 3.8) is 0 Å². The minimum atomic E-state index is -4.86. The van der Waals surface area contributed by atoms with Crippen LogP contribution < -0.4 is 20.3 Å². The molecule has 7 nitrogen and oxygen atoms in total. The van der Waals surface area contributed by atoms with Gasteiger partial charge >= 0.3 is 18.6 Å². The van der Waals surface area contributed by atoms with Crippen molar-refractivity contribution in [2.24, 2.45) is 0 Å². The predicted molar refractivity (Wildman–Crippen MR) is 150 cm³/mol. The van der Waals surface area contributed by atoms with E-state index in [2.05, 4.69) is 20.3 Å². The van der Waals surface area contributed by atoms with Gasteiger partial charge in [-0.2, -0.15) is 13.2 Å². The molecule has 0 saturated carbocycles. The van der Waals surface area contributed by atoms with E-state index in [1.54, 1.807) is 29.2 Å². The fourth-order valence-electron chi connectivity index (χ4n) is 6.01. The maximum atomic E-state index is 14.4. The first-order valence-corrected chi connectivity index (χ1v) is 13.6. The summed E-state index contributed by atoms with van der Waals surface area (Å²) in [6.07, 6.45) is -8.60. The molecule has 3 aromatic carbocycles. The molecule has 13 heteroatoms. The summed E-state index contributed by atoms with van der Waals surface area (Å²) in [5.41, 5.74) is -0.741. The van der Waals surface area contributed by atoms with E-state index in [0.717, 1.165) is 24.3 Å². The quantitative estimate of drug-likeness (QED) is 0.257. The summed E-state index contributed by atoms with van der Waals surface area (Å²) in [5, 5.41) is 16.2. The summed E-state index contributed by atoms with van der Waals surface area (Å²) in [6.45, 7) is 5.42. The lowest BCUT2D eigenvalue weighted by Crippen LogP contribution is -2.47. The Hall–Kier alpha value is -4.13. The second-order valence-corrected chi connectivity index (χ2v) is 11.0. The smallest absolute Gasteiger partial charge is 0.506 e. The molecule has 3 N–H and O–H groups in total. The van der Waals surface area contributed by atoms with Gasteiger partial charge in [-0.3, -0.25) is 0 Å². The number of hydrogen-bond donors (Lipinski definition) is 3. The van der Waals surface area contributed by atoms with Crippen LogP contribution in [0.5, 0.6) is 11.5 Å². The van der Waals surface area contributed by atoms with E-state index < -0.39 is 35.3 Å². The minimum Gasteiger partial charge on any atom is -0.506 e. The van der Waals surface area contributed by atoms with Gasteiger partial charge in [-0.1, -0.05) is 12.1 Å². The van der Waals surface area contributed by atoms with Gasteiger partial charge in [0.25, 0.3) is 0 Å². The highest BCUT2D eigenvalue weighted by molar-refractivity contribution is 6.02. The third-order valence-electron chi connectivity index (χ3n) is 8.00. The number of likely N-dealkylation sites (tertiary alicyclic amines) is 1. The summed E-state index contributed by atoms with van der Waals surface area (Å²) in [7, 11) is 0. The van der Waals surface area contributed by atoms with E-state index in [1.807, 2.05) is 13.8 Å². The number of urea groups is 1. The number of aromatic hydroxyl groups is 1. The summed E-state index contributed by atoms with van der Waals surface area (Å²) in [4.78, 5) is 16.7. The first-order chi connectivity index (χ1) is 20.2. The monoisotopic (exact) mass is 608 g/mol. The van der Waals surface area contributed by atoms with Gasteiger partial charge in [-0.05, 0) is 93.9 Å². The maximum absolute atomic E-state index is 14.4. The van der Waals surface area contributed by atoms with E-state index in [4.69, 9.17) is 0 Å². The molecule has 1 saturated heterocycles. The van der Waals surface area contributed by atoms with Crippen molar-refractivity contribution >= 4 is 28.8 Å². The molecule has 0 atom stereocenters. The lowest BCUT2D eigenvalue weighted by Gasteiger charge is -2.42. The number of piperidine rings is 1. The van der Waals surface area contributed by atoms with Crippen molar-refractivity contribution in [3.05, 3.63) is 71.8 Å². The Balaban J connectivity index is 1.46. The summed E-state index contributed by atoms with van der Waals surface area (Å²) in [5.74, 6) is -0.755. The molecule has 43 heavy (non-hydrogen) atoms. The number of carbonyl (C=O) groups is 1. The van der Waals surface area contributed by atoms with Crippen molar-refractivity contribution < 1.29 is 41.0 Å². The Labute approximate surface area is 244 Å². The minimum absolute atomic E-state index is 0.0581. The second-order valence-electron chi connectivity index (χ2n) is 11.0. The van der Waals surface area contributed by atoms with Crippen LogP contribution in [0, 0.1) is 0 Å². The predicted octanol–water partition coefficient (Wildman–Crippen LogP) is 7.85. The van der Waals surface area contributed by atoms with E-state index in [0.29, 0.717) is 31.6 Å². The zero-order chi connectivity index (χ0) is 31.2.